The van der Waals surface area contributed by atoms with Crippen LogP contribution in [0.3, 0.4) is 0 Å². The van der Waals surface area contributed by atoms with Crippen LogP contribution in [0.25, 0.3) is 0 Å². The van der Waals surface area contributed by atoms with E-state index in [0.29, 0.717) is 6.29 Å². The van der Waals surface area contributed by atoms with Gasteiger partial charge in [-0.05, 0) is 28.4 Å². The lowest BCUT2D eigenvalue weighted by molar-refractivity contribution is -0.107. The third-order valence-corrected chi connectivity index (χ3v) is 2.51. The summed E-state index contributed by atoms with van der Waals surface area (Å²) in [5, 5.41) is 0. The fourth-order valence-corrected chi connectivity index (χ4v) is 1.72. The van der Waals surface area contributed by atoms with Crippen molar-refractivity contribution >= 4 is 22.2 Å². The number of hydrogen-bond donors (Lipinski definition) is 0. The maximum Gasteiger partial charge on any atom is 0.166 e. The van der Waals surface area contributed by atoms with E-state index in [0.717, 1.165) is 6.07 Å². The highest BCUT2D eigenvalue weighted by molar-refractivity contribution is 9.10. The molecule has 0 bridgehead atoms. The molecule has 0 fully saturated rings. The maximum atomic E-state index is 13.5. The van der Waals surface area contributed by atoms with Crippen molar-refractivity contribution in [2.45, 2.75) is 12.8 Å². The van der Waals surface area contributed by atoms with E-state index in [2.05, 4.69) is 15.9 Å². The zero-order valence-electron chi connectivity index (χ0n) is 8.02. The van der Waals surface area contributed by atoms with Crippen LogP contribution in [0, 0.1) is 11.6 Å². The number of aldehydes is 1. The summed E-state index contributed by atoms with van der Waals surface area (Å²) in [6.45, 7) is 0. The van der Waals surface area contributed by atoms with Crippen LogP contribution in [0.1, 0.15) is 12.0 Å². The van der Waals surface area contributed by atoms with Crippen molar-refractivity contribution < 1.29 is 18.3 Å². The first-order valence-electron chi connectivity index (χ1n) is 4.25. The SMILES string of the molecule is COc1c(F)cc(Br)c(F)c1CCC=O. The van der Waals surface area contributed by atoms with Crippen LogP contribution >= 0.6 is 15.9 Å². The molecule has 0 saturated heterocycles. The van der Waals surface area contributed by atoms with Gasteiger partial charge in [-0.3, -0.25) is 0 Å². The third kappa shape index (κ3) is 2.53. The van der Waals surface area contributed by atoms with Crippen LogP contribution < -0.4 is 4.74 Å². The molecule has 82 valence electrons. The Hall–Kier alpha value is -0.970. The van der Waals surface area contributed by atoms with E-state index in [4.69, 9.17) is 4.74 Å². The van der Waals surface area contributed by atoms with E-state index in [1.807, 2.05) is 0 Å². The Bertz CT molecular complexity index is 380. The molecular formula is C10H9BrF2O2. The van der Waals surface area contributed by atoms with Gasteiger partial charge in [0.1, 0.15) is 12.1 Å². The number of hydrogen-bond acceptors (Lipinski definition) is 2. The quantitative estimate of drug-likeness (QED) is 0.625. The first-order valence-corrected chi connectivity index (χ1v) is 5.05. The molecule has 0 atom stereocenters. The minimum absolute atomic E-state index is 0.0294. The van der Waals surface area contributed by atoms with E-state index in [1.165, 1.54) is 7.11 Å². The topological polar surface area (TPSA) is 26.3 Å². The third-order valence-electron chi connectivity index (χ3n) is 1.94. The van der Waals surface area contributed by atoms with Crippen molar-refractivity contribution in [2.75, 3.05) is 7.11 Å². The predicted molar refractivity (Wildman–Crippen MR) is 55.0 cm³/mol. The number of carbonyl (C=O) groups is 1. The molecule has 1 rings (SSSR count). The van der Waals surface area contributed by atoms with Crippen molar-refractivity contribution in [2.24, 2.45) is 0 Å². The normalized spacial score (nSPS) is 10.1. The number of methoxy groups -OCH3 is 1. The summed E-state index contributed by atoms with van der Waals surface area (Å²) < 4.78 is 31.6. The lowest BCUT2D eigenvalue weighted by Gasteiger charge is -2.10. The largest absolute Gasteiger partial charge is 0.493 e. The Labute approximate surface area is 94.4 Å². The summed E-state index contributed by atoms with van der Waals surface area (Å²) in [5.74, 6) is -1.38. The highest BCUT2D eigenvalue weighted by Crippen LogP contribution is 2.31. The number of ether oxygens (including phenoxy) is 1. The van der Waals surface area contributed by atoms with Crippen LogP contribution in [-0.2, 0) is 11.2 Å². The van der Waals surface area contributed by atoms with Gasteiger partial charge in [-0.1, -0.05) is 0 Å². The van der Waals surface area contributed by atoms with E-state index >= 15 is 0 Å². The van der Waals surface area contributed by atoms with Crippen molar-refractivity contribution in [3.05, 3.63) is 27.7 Å². The predicted octanol–water partition coefficient (Wildman–Crippen LogP) is 2.87. The highest BCUT2D eigenvalue weighted by Gasteiger charge is 2.17. The molecule has 0 unspecified atom stereocenters. The molecular weight excluding hydrogens is 270 g/mol. The Morgan fingerprint density at radius 1 is 1.53 bits per heavy atom. The molecule has 0 aliphatic rings. The molecule has 1 aromatic carbocycles. The average Bonchev–Trinajstić information content (AvgIpc) is 2.21. The Balaban J connectivity index is 3.23. The molecule has 0 aliphatic heterocycles. The molecule has 0 aliphatic carbocycles. The van der Waals surface area contributed by atoms with Crippen molar-refractivity contribution in [1.82, 2.24) is 0 Å². The van der Waals surface area contributed by atoms with E-state index in [-0.39, 0.29) is 28.6 Å². The summed E-state index contributed by atoms with van der Waals surface area (Å²) in [6, 6.07) is 0.999. The smallest absolute Gasteiger partial charge is 0.166 e. The van der Waals surface area contributed by atoms with Gasteiger partial charge in [-0.15, -0.1) is 0 Å². The molecule has 0 spiro atoms. The first-order chi connectivity index (χ1) is 7.11. The van der Waals surface area contributed by atoms with Gasteiger partial charge in [0.25, 0.3) is 0 Å². The van der Waals surface area contributed by atoms with Gasteiger partial charge in [0.05, 0.1) is 11.6 Å². The molecule has 0 radical (unpaired) electrons. The molecule has 0 N–H and O–H groups in total. The molecule has 0 amide bonds. The summed E-state index contributed by atoms with van der Waals surface area (Å²) in [4.78, 5) is 10.2. The molecule has 1 aromatic rings. The summed E-state index contributed by atoms with van der Waals surface area (Å²) >= 11 is 2.89. The van der Waals surface area contributed by atoms with Crippen LogP contribution in [0.2, 0.25) is 0 Å². The Morgan fingerprint density at radius 2 is 2.20 bits per heavy atom. The molecule has 0 aromatic heterocycles. The number of benzene rings is 1. The molecule has 5 heteroatoms. The second-order valence-corrected chi connectivity index (χ2v) is 3.73. The van der Waals surface area contributed by atoms with Crippen molar-refractivity contribution in [3.8, 4) is 5.75 Å². The second-order valence-electron chi connectivity index (χ2n) is 2.87. The van der Waals surface area contributed by atoms with Gasteiger partial charge < -0.3 is 9.53 Å². The standard InChI is InChI=1S/C10H9BrF2O2/c1-15-10-6(3-2-4-14)9(13)7(11)5-8(10)12/h4-5H,2-3H2,1H3. The first kappa shape index (κ1) is 12.1. The fourth-order valence-electron chi connectivity index (χ4n) is 1.28. The van der Waals surface area contributed by atoms with Gasteiger partial charge in [0.15, 0.2) is 11.6 Å². The van der Waals surface area contributed by atoms with Crippen LogP contribution in [0.4, 0.5) is 8.78 Å². The summed E-state index contributed by atoms with van der Waals surface area (Å²) in [6.07, 6.45) is 0.899. The van der Waals surface area contributed by atoms with E-state index in [9.17, 15) is 13.6 Å². The molecule has 0 heterocycles. The number of rotatable bonds is 4. The lowest BCUT2D eigenvalue weighted by Crippen LogP contribution is -2.01. The molecule has 15 heavy (non-hydrogen) atoms. The van der Waals surface area contributed by atoms with E-state index in [1.54, 1.807) is 0 Å². The number of carbonyl (C=O) groups excluding carboxylic acids is 1. The van der Waals surface area contributed by atoms with Gasteiger partial charge in [0, 0.05) is 12.0 Å². The highest BCUT2D eigenvalue weighted by atomic mass is 79.9. The Morgan fingerprint density at radius 3 is 2.73 bits per heavy atom. The summed E-state index contributed by atoms with van der Waals surface area (Å²) in [7, 11) is 1.26. The second kappa shape index (κ2) is 5.21. The minimum Gasteiger partial charge on any atom is -0.493 e. The maximum absolute atomic E-state index is 13.5. The van der Waals surface area contributed by atoms with Gasteiger partial charge in [-0.2, -0.15) is 0 Å². The Kier molecular flexibility index (Phi) is 4.20. The molecule has 2 nitrogen and oxygen atoms in total. The van der Waals surface area contributed by atoms with Crippen molar-refractivity contribution in [3.63, 3.8) is 0 Å². The van der Waals surface area contributed by atoms with Crippen LogP contribution in [-0.4, -0.2) is 13.4 Å². The number of halogens is 3. The van der Waals surface area contributed by atoms with E-state index < -0.39 is 11.6 Å². The lowest BCUT2D eigenvalue weighted by atomic mass is 10.1. The van der Waals surface area contributed by atoms with Crippen LogP contribution in [0.15, 0.2) is 10.5 Å². The van der Waals surface area contributed by atoms with Crippen LogP contribution in [0.5, 0.6) is 5.75 Å². The zero-order chi connectivity index (χ0) is 11.4. The zero-order valence-corrected chi connectivity index (χ0v) is 9.61. The molecule has 0 saturated carbocycles. The minimum atomic E-state index is -0.647. The summed E-state index contributed by atoms with van der Waals surface area (Å²) in [5.41, 5.74) is 0.0801. The van der Waals surface area contributed by atoms with Crippen molar-refractivity contribution in [1.29, 1.82) is 0 Å². The average molecular weight is 279 g/mol. The fraction of sp³-hybridized carbons (Fsp3) is 0.300. The van der Waals surface area contributed by atoms with Gasteiger partial charge in [-0.25, -0.2) is 8.78 Å². The van der Waals surface area contributed by atoms with Gasteiger partial charge in [0.2, 0.25) is 0 Å². The monoisotopic (exact) mass is 278 g/mol. The van der Waals surface area contributed by atoms with Gasteiger partial charge >= 0.3 is 0 Å².